The molecule has 1 N–H and O–H groups in total. The van der Waals surface area contributed by atoms with E-state index in [-0.39, 0.29) is 10.6 Å². The quantitative estimate of drug-likeness (QED) is 0.647. The van der Waals surface area contributed by atoms with Gasteiger partial charge in [-0.2, -0.15) is 0 Å². The molecule has 106 valence electrons. The molecule has 1 aromatic heterocycles. The molecule has 6 heteroatoms. The number of nitro benzene ring substituents is 1. The highest BCUT2D eigenvalue weighted by atomic mass is 16.6. The number of hydrogen-bond donors (Lipinski definition) is 1. The van der Waals surface area contributed by atoms with Gasteiger partial charge in [-0.1, -0.05) is 6.07 Å². The van der Waals surface area contributed by atoms with Gasteiger partial charge in [0.05, 0.1) is 17.7 Å². The van der Waals surface area contributed by atoms with Crippen LogP contribution in [0.15, 0.2) is 41.0 Å². The number of nitro groups is 1. The summed E-state index contributed by atoms with van der Waals surface area (Å²) in [6.07, 6.45) is 1.60. The van der Waals surface area contributed by atoms with Crippen molar-refractivity contribution in [3.63, 3.8) is 0 Å². The first kappa shape index (κ1) is 13.9. The monoisotopic (exact) mass is 275 g/mol. The van der Waals surface area contributed by atoms with E-state index in [1.165, 1.54) is 0 Å². The summed E-state index contributed by atoms with van der Waals surface area (Å²) in [6, 6.07) is 8.92. The Labute approximate surface area is 117 Å². The largest absolute Gasteiger partial charge is 0.467 e. The number of rotatable bonds is 6. The van der Waals surface area contributed by atoms with E-state index in [0.29, 0.717) is 24.5 Å². The van der Waals surface area contributed by atoms with E-state index in [0.717, 1.165) is 5.76 Å². The van der Waals surface area contributed by atoms with Crippen molar-refractivity contribution in [2.45, 2.75) is 13.5 Å². The standard InChI is InChI=1S/C14H17N3O3/c1-3-16(10-11-6-5-9-20-11)13-8-4-7-12(15-2)14(13)17(18)19/h4-9,15H,3,10H2,1-2H3. The van der Waals surface area contributed by atoms with Gasteiger partial charge in [-0.3, -0.25) is 10.1 Å². The molecule has 20 heavy (non-hydrogen) atoms. The molecule has 0 aliphatic carbocycles. The number of nitrogens with one attached hydrogen (secondary N) is 1. The molecule has 0 aliphatic heterocycles. The van der Waals surface area contributed by atoms with E-state index < -0.39 is 0 Å². The summed E-state index contributed by atoms with van der Waals surface area (Å²) in [6.45, 7) is 3.10. The molecular weight excluding hydrogens is 258 g/mol. The van der Waals surface area contributed by atoms with Crippen LogP contribution in [0.2, 0.25) is 0 Å². The number of benzene rings is 1. The average molecular weight is 275 g/mol. The third-order valence-electron chi connectivity index (χ3n) is 3.12. The van der Waals surface area contributed by atoms with Crippen molar-refractivity contribution in [1.29, 1.82) is 0 Å². The lowest BCUT2D eigenvalue weighted by Gasteiger charge is -2.22. The molecule has 2 rings (SSSR count). The Kier molecular flexibility index (Phi) is 4.24. The average Bonchev–Trinajstić information content (AvgIpc) is 2.96. The molecule has 1 heterocycles. The summed E-state index contributed by atoms with van der Waals surface area (Å²) >= 11 is 0. The minimum Gasteiger partial charge on any atom is -0.467 e. The van der Waals surface area contributed by atoms with Crippen molar-refractivity contribution in [3.05, 3.63) is 52.5 Å². The number of para-hydroxylation sites is 1. The van der Waals surface area contributed by atoms with E-state index in [1.54, 1.807) is 31.5 Å². The van der Waals surface area contributed by atoms with Crippen LogP contribution in [0.4, 0.5) is 17.1 Å². The summed E-state index contributed by atoms with van der Waals surface area (Å²) in [5, 5.41) is 14.2. The zero-order valence-corrected chi connectivity index (χ0v) is 11.5. The second-order valence-electron chi connectivity index (χ2n) is 4.27. The van der Waals surface area contributed by atoms with Gasteiger partial charge in [0.15, 0.2) is 0 Å². The molecule has 0 spiro atoms. The van der Waals surface area contributed by atoms with Gasteiger partial charge >= 0.3 is 5.69 Å². The topological polar surface area (TPSA) is 71.5 Å². The third kappa shape index (κ3) is 2.74. The molecule has 0 unspecified atom stereocenters. The predicted molar refractivity (Wildman–Crippen MR) is 78.1 cm³/mol. The van der Waals surface area contributed by atoms with Gasteiger partial charge in [-0.05, 0) is 31.2 Å². The zero-order valence-electron chi connectivity index (χ0n) is 11.5. The predicted octanol–water partition coefficient (Wildman–Crippen LogP) is 3.26. The summed E-state index contributed by atoms with van der Waals surface area (Å²) in [4.78, 5) is 12.9. The molecule has 0 amide bonds. The molecule has 6 nitrogen and oxygen atoms in total. The fourth-order valence-electron chi connectivity index (χ4n) is 2.14. The van der Waals surface area contributed by atoms with Crippen molar-refractivity contribution in [2.75, 3.05) is 23.8 Å². The lowest BCUT2D eigenvalue weighted by atomic mass is 10.2. The van der Waals surface area contributed by atoms with Crippen molar-refractivity contribution >= 4 is 17.1 Å². The Morgan fingerprint density at radius 2 is 2.15 bits per heavy atom. The fourth-order valence-corrected chi connectivity index (χ4v) is 2.14. The molecular formula is C14H17N3O3. The number of nitrogens with zero attached hydrogens (tertiary/aromatic N) is 2. The van der Waals surface area contributed by atoms with Crippen LogP contribution >= 0.6 is 0 Å². The van der Waals surface area contributed by atoms with E-state index in [2.05, 4.69) is 5.32 Å². The maximum atomic E-state index is 11.3. The minimum atomic E-state index is -0.355. The van der Waals surface area contributed by atoms with Crippen molar-refractivity contribution < 1.29 is 9.34 Å². The molecule has 0 radical (unpaired) electrons. The van der Waals surface area contributed by atoms with Crippen LogP contribution in [0.3, 0.4) is 0 Å². The molecule has 0 atom stereocenters. The van der Waals surface area contributed by atoms with Crippen LogP contribution in [0.25, 0.3) is 0 Å². The first-order valence-electron chi connectivity index (χ1n) is 6.39. The van der Waals surface area contributed by atoms with E-state index >= 15 is 0 Å². The Morgan fingerprint density at radius 3 is 2.70 bits per heavy atom. The van der Waals surface area contributed by atoms with Gasteiger partial charge < -0.3 is 14.6 Å². The second-order valence-corrected chi connectivity index (χ2v) is 4.27. The lowest BCUT2D eigenvalue weighted by Crippen LogP contribution is -2.23. The van der Waals surface area contributed by atoms with Crippen LogP contribution in [-0.4, -0.2) is 18.5 Å². The SMILES string of the molecule is CCN(Cc1ccco1)c1cccc(NC)c1[N+](=O)[O-]. The first-order chi connectivity index (χ1) is 9.67. The Bertz CT molecular complexity index is 581. The number of furan rings is 1. The normalized spacial score (nSPS) is 10.3. The van der Waals surface area contributed by atoms with Gasteiger partial charge in [-0.25, -0.2) is 0 Å². The Balaban J connectivity index is 2.41. The maximum absolute atomic E-state index is 11.3. The molecule has 1 aromatic carbocycles. The van der Waals surface area contributed by atoms with E-state index in [9.17, 15) is 10.1 Å². The fraction of sp³-hybridized carbons (Fsp3) is 0.286. The van der Waals surface area contributed by atoms with Gasteiger partial charge in [0, 0.05) is 13.6 Å². The molecule has 0 aliphatic rings. The van der Waals surface area contributed by atoms with Crippen molar-refractivity contribution in [2.24, 2.45) is 0 Å². The molecule has 0 saturated heterocycles. The van der Waals surface area contributed by atoms with Gasteiger partial charge in [0.25, 0.3) is 0 Å². The van der Waals surface area contributed by atoms with Crippen molar-refractivity contribution in [1.82, 2.24) is 0 Å². The van der Waals surface area contributed by atoms with Crippen LogP contribution in [0, 0.1) is 10.1 Å². The van der Waals surface area contributed by atoms with Gasteiger partial charge in [0.1, 0.15) is 17.1 Å². The van der Waals surface area contributed by atoms with Crippen LogP contribution < -0.4 is 10.2 Å². The van der Waals surface area contributed by atoms with E-state index in [1.807, 2.05) is 24.0 Å². The molecule has 0 fully saturated rings. The highest BCUT2D eigenvalue weighted by Gasteiger charge is 2.23. The van der Waals surface area contributed by atoms with Gasteiger partial charge in [-0.15, -0.1) is 0 Å². The van der Waals surface area contributed by atoms with Gasteiger partial charge in [0.2, 0.25) is 0 Å². The smallest absolute Gasteiger partial charge is 0.315 e. The zero-order chi connectivity index (χ0) is 14.5. The maximum Gasteiger partial charge on any atom is 0.315 e. The van der Waals surface area contributed by atoms with Crippen LogP contribution in [-0.2, 0) is 6.54 Å². The van der Waals surface area contributed by atoms with Crippen LogP contribution in [0.5, 0.6) is 0 Å². The highest BCUT2D eigenvalue weighted by molar-refractivity contribution is 5.76. The third-order valence-corrected chi connectivity index (χ3v) is 3.12. The second kappa shape index (κ2) is 6.10. The molecule has 0 saturated carbocycles. The Hall–Kier alpha value is -2.50. The summed E-state index contributed by atoms with van der Waals surface area (Å²) < 4.78 is 5.32. The summed E-state index contributed by atoms with van der Waals surface area (Å²) in [7, 11) is 1.68. The lowest BCUT2D eigenvalue weighted by molar-refractivity contribution is -0.383. The molecule has 2 aromatic rings. The summed E-state index contributed by atoms with van der Waals surface area (Å²) in [5.74, 6) is 0.774. The number of anilines is 2. The Morgan fingerprint density at radius 1 is 1.35 bits per heavy atom. The minimum absolute atomic E-state index is 0.0865. The molecule has 0 bridgehead atoms. The van der Waals surface area contributed by atoms with E-state index in [4.69, 9.17) is 4.42 Å². The van der Waals surface area contributed by atoms with Crippen LogP contribution in [0.1, 0.15) is 12.7 Å². The first-order valence-corrected chi connectivity index (χ1v) is 6.39. The van der Waals surface area contributed by atoms with Crippen molar-refractivity contribution in [3.8, 4) is 0 Å². The number of hydrogen-bond acceptors (Lipinski definition) is 5. The highest BCUT2D eigenvalue weighted by Crippen LogP contribution is 2.35. The summed E-state index contributed by atoms with van der Waals surface area (Å²) in [5.41, 5.74) is 1.18.